The summed E-state index contributed by atoms with van der Waals surface area (Å²) < 4.78 is 0. The summed E-state index contributed by atoms with van der Waals surface area (Å²) in [6, 6.07) is 0. The van der Waals surface area contributed by atoms with Crippen LogP contribution in [0.2, 0.25) is 0 Å². The topological polar surface area (TPSA) is 104 Å². The van der Waals surface area contributed by atoms with Crippen molar-refractivity contribution in [1.29, 1.82) is 5.41 Å². The van der Waals surface area contributed by atoms with Crippen molar-refractivity contribution in [2.45, 2.75) is 12.8 Å². The number of hydrogen-bond acceptors (Lipinski definition) is 4. The lowest BCUT2D eigenvalue weighted by atomic mass is 9.75. The van der Waals surface area contributed by atoms with Gasteiger partial charge in [0.05, 0.1) is 23.1 Å². The van der Waals surface area contributed by atoms with Crippen molar-refractivity contribution in [2.75, 3.05) is 0 Å². The fourth-order valence-corrected chi connectivity index (χ4v) is 2.06. The molecule has 1 aliphatic rings. The van der Waals surface area contributed by atoms with Gasteiger partial charge in [0.25, 0.3) is 5.91 Å². The highest BCUT2D eigenvalue weighted by Crippen LogP contribution is 2.31. The van der Waals surface area contributed by atoms with Gasteiger partial charge in [-0.25, -0.2) is 0 Å². The fourth-order valence-electron chi connectivity index (χ4n) is 2.06. The zero-order valence-corrected chi connectivity index (χ0v) is 9.98. The van der Waals surface area contributed by atoms with Crippen molar-refractivity contribution in [3.05, 3.63) is 36.6 Å². The average Bonchev–Trinajstić information content (AvgIpc) is 2.30. The molecule has 0 heterocycles. The van der Waals surface area contributed by atoms with Gasteiger partial charge in [-0.15, -0.1) is 13.2 Å². The average molecular weight is 248 g/mol. The van der Waals surface area contributed by atoms with Crippen molar-refractivity contribution in [3.8, 4) is 0 Å². The van der Waals surface area contributed by atoms with E-state index in [1.807, 2.05) is 0 Å². The minimum absolute atomic E-state index is 0.211. The van der Waals surface area contributed by atoms with E-state index in [0.717, 1.165) is 0 Å². The van der Waals surface area contributed by atoms with Gasteiger partial charge in [-0.1, -0.05) is 12.2 Å². The summed E-state index contributed by atoms with van der Waals surface area (Å²) in [4.78, 5) is 23.4. The molecule has 2 atom stereocenters. The van der Waals surface area contributed by atoms with Gasteiger partial charge >= 0.3 is 0 Å². The highest BCUT2D eigenvalue weighted by molar-refractivity contribution is 6.28. The Morgan fingerprint density at radius 1 is 1.33 bits per heavy atom. The van der Waals surface area contributed by atoms with E-state index < -0.39 is 23.5 Å². The lowest BCUT2D eigenvalue weighted by Crippen LogP contribution is -2.41. The zero-order chi connectivity index (χ0) is 13.9. The number of allylic oxidation sites excluding steroid dienone is 3. The van der Waals surface area contributed by atoms with Crippen LogP contribution >= 0.6 is 0 Å². The standard InChI is InChI=1S/C13H16N2O3/c1-3-5-7-10(14)9(13(15)18)12(17)8(6-4-2)11(7)16/h3-4,7-8,14,17H,1-2,5-6H2,(H2,15,18). The third-order valence-electron chi connectivity index (χ3n) is 2.94. The number of primary amides is 1. The molecule has 0 aromatic rings. The highest BCUT2D eigenvalue weighted by Gasteiger charge is 2.41. The molecule has 0 aromatic heterocycles. The molecular weight excluding hydrogens is 232 g/mol. The first-order valence-corrected chi connectivity index (χ1v) is 5.52. The van der Waals surface area contributed by atoms with Gasteiger partial charge < -0.3 is 16.2 Å². The van der Waals surface area contributed by atoms with Gasteiger partial charge in [-0.3, -0.25) is 9.59 Å². The Bertz CT molecular complexity index is 463. The monoisotopic (exact) mass is 248 g/mol. The number of rotatable bonds is 5. The first kappa shape index (κ1) is 13.9. The van der Waals surface area contributed by atoms with Crippen LogP contribution in [-0.4, -0.2) is 22.5 Å². The van der Waals surface area contributed by atoms with Crippen LogP contribution in [0, 0.1) is 17.2 Å². The Morgan fingerprint density at radius 2 is 1.83 bits per heavy atom. The maximum Gasteiger partial charge on any atom is 0.253 e. The van der Waals surface area contributed by atoms with E-state index in [-0.39, 0.29) is 29.9 Å². The van der Waals surface area contributed by atoms with Crippen LogP contribution in [0.25, 0.3) is 0 Å². The third kappa shape index (κ3) is 2.25. The maximum absolute atomic E-state index is 12.1. The Hall–Kier alpha value is -2.17. The number of ketones is 1. The SMILES string of the molecule is C=CCC1C(=N)C(C(N)=O)=C(O)C(CC=C)C1=O. The summed E-state index contributed by atoms with van der Waals surface area (Å²) in [6.45, 7) is 7.03. The van der Waals surface area contributed by atoms with Gasteiger partial charge in [0.1, 0.15) is 5.76 Å². The fraction of sp³-hybridized carbons (Fsp3) is 0.308. The second-order valence-electron chi connectivity index (χ2n) is 4.09. The van der Waals surface area contributed by atoms with Gasteiger partial charge in [-0.05, 0) is 12.8 Å². The molecule has 0 radical (unpaired) electrons. The van der Waals surface area contributed by atoms with E-state index in [0.29, 0.717) is 0 Å². The van der Waals surface area contributed by atoms with E-state index in [2.05, 4.69) is 13.2 Å². The minimum atomic E-state index is -0.895. The quantitative estimate of drug-likeness (QED) is 0.638. The normalized spacial score (nSPS) is 24.0. The third-order valence-corrected chi connectivity index (χ3v) is 2.94. The predicted octanol–water partition coefficient (Wildman–Crippen LogP) is 1.27. The van der Waals surface area contributed by atoms with Gasteiger partial charge in [-0.2, -0.15) is 0 Å². The number of hydrogen-bond donors (Lipinski definition) is 3. The molecule has 4 N–H and O–H groups in total. The first-order chi connectivity index (χ1) is 8.45. The smallest absolute Gasteiger partial charge is 0.253 e. The number of nitrogens with one attached hydrogen (secondary N) is 1. The molecule has 0 bridgehead atoms. The Kier molecular flexibility index (Phi) is 4.20. The number of amides is 1. The molecule has 1 amide bonds. The Labute approximate surface area is 105 Å². The lowest BCUT2D eigenvalue weighted by molar-refractivity contribution is -0.124. The van der Waals surface area contributed by atoms with E-state index in [1.165, 1.54) is 12.2 Å². The molecule has 0 fully saturated rings. The van der Waals surface area contributed by atoms with Crippen LogP contribution in [0.3, 0.4) is 0 Å². The van der Waals surface area contributed by atoms with Crippen LogP contribution in [0.5, 0.6) is 0 Å². The predicted molar refractivity (Wildman–Crippen MR) is 68.2 cm³/mol. The Balaban J connectivity index is 3.32. The molecule has 0 aliphatic heterocycles. The molecule has 1 aliphatic carbocycles. The zero-order valence-electron chi connectivity index (χ0n) is 9.98. The van der Waals surface area contributed by atoms with Crippen molar-refractivity contribution >= 4 is 17.4 Å². The van der Waals surface area contributed by atoms with Crippen LogP contribution in [0.1, 0.15) is 12.8 Å². The molecular formula is C13H16N2O3. The largest absolute Gasteiger partial charge is 0.511 e. The second kappa shape index (κ2) is 5.44. The molecule has 2 unspecified atom stereocenters. The summed E-state index contributed by atoms with van der Waals surface area (Å²) in [6.07, 6.45) is 3.44. The van der Waals surface area contributed by atoms with Crippen LogP contribution in [0.4, 0.5) is 0 Å². The summed E-state index contributed by atoms with van der Waals surface area (Å²) in [7, 11) is 0. The number of aliphatic hydroxyl groups is 1. The van der Waals surface area contributed by atoms with E-state index in [1.54, 1.807) is 0 Å². The highest BCUT2D eigenvalue weighted by atomic mass is 16.3. The molecule has 0 spiro atoms. The number of aliphatic hydroxyl groups excluding tert-OH is 1. The van der Waals surface area contributed by atoms with Crippen molar-refractivity contribution in [2.24, 2.45) is 17.6 Å². The summed E-state index contributed by atoms with van der Waals surface area (Å²) in [5.74, 6) is -3.23. The number of Topliss-reactive ketones (excluding diaryl/α,β-unsaturated/α-hetero) is 1. The maximum atomic E-state index is 12.1. The molecule has 5 heteroatoms. The van der Waals surface area contributed by atoms with Crippen LogP contribution in [0.15, 0.2) is 36.6 Å². The molecule has 96 valence electrons. The number of nitrogens with two attached hydrogens (primary N) is 1. The molecule has 18 heavy (non-hydrogen) atoms. The van der Waals surface area contributed by atoms with Gasteiger partial charge in [0.2, 0.25) is 0 Å². The molecule has 0 saturated carbocycles. The molecule has 0 aromatic carbocycles. The van der Waals surface area contributed by atoms with Crippen molar-refractivity contribution in [3.63, 3.8) is 0 Å². The number of carbonyl (C=O) groups excluding carboxylic acids is 2. The molecule has 0 saturated heterocycles. The lowest BCUT2D eigenvalue weighted by Gasteiger charge is -2.28. The van der Waals surface area contributed by atoms with Crippen LogP contribution in [-0.2, 0) is 9.59 Å². The molecule has 5 nitrogen and oxygen atoms in total. The van der Waals surface area contributed by atoms with Crippen molar-refractivity contribution < 1.29 is 14.7 Å². The summed E-state index contributed by atoms with van der Waals surface area (Å²) in [5.41, 5.74) is 4.66. The summed E-state index contributed by atoms with van der Waals surface area (Å²) >= 11 is 0. The molecule has 1 rings (SSSR count). The minimum Gasteiger partial charge on any atom is -0.511 e. The van der Waals surface area contributed by atoms with Crippen LogP contribution < -0.4 is 5.73 Å². The Morgan fingerprint density at radius 3 is 2.28 bits per heavy atom. The summed E-state index contributed by atoms with van der Waals surface area (Å²) in [5, 5.41) is 17.7. The van der Waals surface area contributed by atoms with Gasteiger partial charge in [0, 0.05) is 0 Å². The van der Waals surface area contributed by atoms with Gasteiger partial charge in [0.15, 0.2) is 5.78 Å². The first-order valence-electron chi connectivity index (χ1n) is 5.52. The van der Waals surface area contributed by atoms with E-state index in [4.69, 9.17) is 11.1 Å². The number of carbonyl (C=O) groups is 2. The van der Waals surface area contributed by atoms with Crippen molar-refractivity contribution in [1.82, 2.24) is 0 Å². The second-order valence-corrected chi connectivity index (χ2v) is 4.09. The van der Waals surface area contributed by atoms with E-state index in [9.17, 15) is 14.7 Å². The van der Waals surface area contributed by atoms with E-state index >= 15 is 0 Å².